The van der Waals surface area contributed by atoms with E-state index in [1.54, 1.807) is 18.4 Å². The maximum atomic E-state index is 4.51. The molecule has 0 radical (unpaired) electrons. The number of fused-ring (bicyclic) bond motifs is 1. The van der Waals surface area contributed by atoms with E-state index in [2.05, 4.69) is 21.9 Å². The standard InChI is InChI=1S/C15H15N3/c1-3-4-11-16-12(2)17-15-10-9-13-7-5-6-8-14(13)18-15/h3-11H,1H2,2H3,(H,16,17,18)/b11-4-. The first-order valence-electron chi connectivity index (χ1n) is 5.74. The van der Waals surface area contributed by atoms with E-state index in [1.807, 2.05) is 43.3 Å². The second-order valence-corrected chi connectivity index (χ2v) is 3.81. The molecule has 0 saturated carbocycles. The van der Waals surface area contributed by atoms with Crippen LogP contribution in [0.5, 0.6) is 0 Å². The Bertz CT molecular complexity index is 612. The third kappa shape index (κ3) is 3.04. The van der Waals surface area contributed by atoms with Gasteiger partial charge >= 0.3 is 0 Å². The van der Waals surface area contributed by atoms with Gasteiger partial charge in [-0.2, -0.15) is 0 Å². The van der Waals surface area contributed by atoms with Gasteiger partial charge in [0.1, 0.15) is 11.7 Å². The summed E-state index contributed by atoms with van der Waals surface area (Å²) in [4.78, 5) is 8.71. The van der Waals surface area contributed by atoms with E-state index in [0.29, 0.717) is 0 Å². The number of amidine groups is 1. The lowest BCUT2D eigenvalue weighted by Crippen LogP contribution is -2.07. The fourth-order valence-electron chi connectivity index (χ4n) is 1.57. The number of aromatic nitrogens is 1. The highest BCUT2D eigenvalue weighted by Gasteiger charge is 1.97. The van der Waals surface area contributed by atoms with Gasteiger partial charge in [0.15, 0.2) is 0 Å². The van der Waals surface area contributed by atoms with Crippen LogP contribution in [0.1, 0.15) is 6.92 Å². The van der Waals surface area contributed by atoms with Gasteiger partial charge in [0.05, 0.1) is 5.52 Å². The van der Waals surface area contributed by atoms with Gasteiger partial charge in [0, 0.05) is 11.6 Å². The van der Waals surface area contributed by atoms with Crippen molar-refractivity contribution >= 4 is 22.6 Å². The maximum absolute atomic E-state index is 4.51. The van der Waals surface area contributed by atoms with Crippen LogP contribution in [0.4, 0.5) is 5.82 Å². The minimum atomic E-state index is 0.788. The molecule has 18 heavy (non-hydrogen) atoms. The molecule has 0 amide bonds. The summed E-state index contributed by atoms with van der Waals surface area (Å²) in [6.45, 7) is 5.48. The van der Waals surface area contributed by atoms with E-state index in [0.717, 1.165) is 22.6 Å². The van der Waals surface area contributed by atoms with Crippen molar-refractivity contribution in [1.29, 1.82) is 0 Å². The molecule has 0 unspecified atom stereocenters. The predicted octanol–water partition coefficient (Wildman–Crippen LogP) is 3.76. The Labute approximate surface area is 107 Å². The summed E-state index contributed by atoms with van der Waals surface area (Å²) < 4.78 is 0. The second-order valence-electron chi connectivity index (χ2n) is 3.81. The Morgan fingerprint density at radius 3 is 2.94 bits per heavy atom. The van der Waals surface area contributed by atoms with Crippen molar-refractivity contribution < 1.29 is 0 Å². The van der Waals surface area contributed by atoms with Crippen molar-refractivity contribution in [3.05, 3.63) is 61.3 Å². The first-order chi connectivity index (χ1) is 8.79. The monoisotopic (exact) mass is 237 g/mol. The van der Waals surface area contributed by atoms with E-state index in [9.17, 15) is 0 Å². The fraction of sp³-hybridized carbons (Fsp3) is 0.0667. The molecule has 0 aliphatic heterocycles. The third-order valence-corrected chi connectivity index (χ3v) is 2.40. The summed E-state index contributed by atoms with van der Waals surface area (Å²) in [5.41, 5.74) is 0.969. The van der Waals surface area contributed by atoms with Crippen LogP contribution in [-0.4, -0.2) is 10.8 Å². The average Bonchev–Trinajstić information content (AvgIpc) is 2.39. The number of para-hydroxylation sites is 1. The summed E-state index contributed by atoms with van der Waals surface area (Å²) in [6.07, 6.45) is 5.15. The third-order valence-electron chi connectivity index (χ3n) is 2.40. The number of nitrogens with zero attached hydrogens (tertiary/aromatic N) is 2. The molecule has 1 N–H and O–H groups in total. The highest BCUT2D eigenvalue weighted by molar-refractivity contribution is 5.94. The van der Waals surface area contributed by atoms with Gasteiger partial charge in [-0.05, 0) is 31.2 Å². The number of anilines is 1. The predicted molar refractivity (Wildman–Crippen MR) is 77.8 cm³/mol. The summed E-state index contributed by atoms with van der Waals surface area (Å²) in [6, 6.07) is 12.0. The summed E-state index contributed by atoms with van der Waals surface area (Å²) in [7, 11) is 0. The smallest absolute Gasteiger partial charge is 0.131 e. The van der Waals surface area contributed by atoms with Gasteiger partial charge < -0.3 is 5.32 Å². The normalized spacial score (nSPS) is 11.9. The van der Waals surface area contributed by atoms with Crippen LogP contribution >= 0.6 is 0 Å². The molecular weight excluding hydrogens is 222 g/mol. The number of allylic oxidation sites excluding steroid dienone is 2. The molecule has 1 heterocycles. The largest absolute Gasteiger partial charge is 0.329 e. The SMILES string of the molecule is C=C/C=C\N=C(C)Nc1ccc2ccccc2n1. The lowest BCUT2D eigenvalue weighted by molar-refractivity contribution is 1.37. The van der Waals surface area contributed by atoms with Gasteiger partial charge in [0.25, 0.3) is 0 Å². The van der Waals surface area contributed by atoms with E-state index in [-0.39, 0.29) is 0 Å². The zero-order chi connectivity index (χ0) is 12.8. The summed E-state index contributed by atoms with van der Waals surface area (Å²) >= 11 is 0. The Morgan fingerprint density at radius 2 is 2.11 bits per heavy atom. The molecule has 2 rings (SSSR count). The second kappa shape index (κ2) is 5.77. The van der Waals surface area contributed by atoms with Crippen molar-refractivity contribution in [2.75, 3.05) is 5.32 Å². The van der Waals surface area contributed by atoms with Gasteiger partial charge in [0.2, 0.25) is 0 Å². The van der Waals surface area contributed by atoms with Gasteiger partial charge in [-0.1, -0.05) is 30.9 Å². The zero-order valence-electron chi connectivity index (χ0n) is 10.3. The summed E-state index contributed by atoms with van der Waals surface area (Å²) in [5, 5.41) is 4.28. The van der Waals surface area contributed by atoms with Gasteiger partial charge in [-0.3, -0.25) is 0 Å². The molecule has 1 aromatic carbocycles. The van der Waals surface area contributed by atoms with Crippen molar-refractivity contribution in [3.63, 3.8) is 0 Å². The molecule has 0 bridgehead atoms. The van der Waals surface area contributed by atoms with E-state index in [1.165, 1.54) is 0 Å². The number of hydrogen-bond donors (Lipinski definition) is 1. The molecule has 1 aromatic heterocycles. The molecule has 0 saturated heterocycles. The Morgan fingerprint density at radius 1 is 1.28 bits per heavy atom. The zero-order valence-corrected chi connectivity index (χ0v) is 10.3. The number of hydrogen-bond acceptors (Lipinski definition) is 2. The van der Waals surface area contributed by atoms with Crippen LogP contribution in [0.3, 0.4) is 0 Å². The van der Waals surface area contributed by atoms with Crippen LogP contribution in [0.2, 0.25) is 0 Å². The van der Waals surface area contributed by atoms with Crippen molar-refractivity contribution in [2.24, 2.45) is 4.99 Å². The fourth-order valence-corrected chi connectivity index (χ4v) is 1.57. The quantitative estimate of drug-likeness (QED) is 0.501. The lowest BCUT2D eigenvalue weighted by atomic mass is 10.2. The van der Waals surface area contributed by atoms with Crippen LogP contribution in [0.15, 0.2) is 66.3 Å². The Balaban J connectivity index is 2.19. The molecule has 3 heteroatoms. The molecule has 0 atom stereocenters. The minimum absolute atomic E-state index is 0.788. The maximum Gasteiger partial charge on any atom is 0.131 e. The van der Waals surface area contributed by atoms with Crippen molar-refractivity contribution in [3.8, 4) is 0 Å². The molecule has 0 aliphatic carbocycles. The number of nitrogens with one attached hydrogen (secondary N) is 1. The average molecular weight is 237 g/mol. The molecule has 0 spiro atoms. The van der Waals surface area contributed by atoms with Crippen LogP contribution in [0, 0.1) is 0 Å². The van der Waals surface area contributed by atoms with Crippen LogP contribution in [0.25, 0.3) is 10.9 Å². The summed E-state index contributed by atoms with van der Waals surface area (Å²) in [5.74, 6) is 1.58. The van der Waals surface area contributed by atoms with E-state index >= 15 is 0 Å². The highest BCUT2D eigenvalue weighted by Crippen LogP contribution is 2.14. The Kier molecular flexibility index (Phi) is 3.86. The molecule has 0 fully saturated rings. The topological polar surface area (TPSA) is 37.3 Å². The number of rotatable bonds is 3. The highest BCUT2D eigenvalue weighted by atomic mass is 15.0. The number of benzene rings is 1. The molecular formula is C15H15N3. The van der Waals surface area contributed by atoms with Crippen molar-refractivity contribution in [2.45, 2.75) is 6.92 Å². The van der Waals surface area contributed by atoms with Gasteiger partial charge in [-0.15, -0.1) is 0 Å². The minimum Gasteiger partial charge on any atom is -0.329 e. The lowest BCUT2D eigenvalue weighted by Gasteiger charge is -2.05. The first-order valence-corrected chi connectivity index (χ1v) is 5.74. The van der Waals surface area contributed by atoms with Crippen molar-refractivity contribution in [1.82, 2.24) is 4.98 Å². The van der Waals surface area contributed by atoms with Crippen LogP contribution < -0.4 is 5.32 Å². The molecule has 0 aliphatic rings. The molecule has 2 aromatic rings. The van der Waals surface area contributed by atoms with Crippen LogP contribution in [-0.2, 0) is 0 Å². The van der Waals surface area contributed by atoms with E-state index < -0.39 is 0 Å². The molecule has 90 valence electrons. The van der Waals surface area contributed by atoms with Gasteiger partial charge in [-0.25, -0.2) is 9.98 Å². The number of pyridine rings is 1. The number of aliphatic imine (C=N–C) groups is 1. The molecule has 3 nitrogen and oxygen atoms in total. The Hall–Kier alpha value is -2.42. The van der Waals surface area contributed by atoms with E-state index in [4.69, 9.17) is 0 Å². The first kappa shape index (κ1) is 12.0.